The van der Waals surface area contributed by atoms with E-state index in [1.807, 2.05) is 12.1 Å². The molecule has 1 aromatic heterocycles. The van der Waals surface area contributed by atoms with Gasteiger partial charge in [-0.25, -0.2) is 13.8 Å². The first-order chi connectivity index (χ1) is 8.63. The van der Waals surface area contributed by atoms with E-state index in [0.717, 1.165) is 16.3 Å². The Balaban J connectivity index is 2.31. The molecule has 2 nitrogen and oxygen atoms in total. The van der Waals surface area contributed by atoms with Crippen molar-refractivity contribution in [3.8, 4) is 0 Å². The van der Waals surface area contributed by atoms with Crippen molar-refractivity contribution in [2.75, 3.05) is 5.73 Å². The molecule has 3 rings (SSSR count). The molecule has 0 aliphatic heterocycles. The number of alkyl halides is 2. The van der Waals surface area contributed by atoms with Crippen LogP contribution in [0.15, 0.2) is 42.5 Å². The molecule has 0 saturated heterocycles. The maximum atomic E-state index is 12.6. The minimum Gasteiger partial charge on any atom is -0.399 e. The van der Waals surface area contributed by atoms with Gasteiger partial charge in [0.1, 0.15) is 0 Å². The molecule has 2 N–H and O–H groups in total. The third kappa shape index (κ3) is 1.76. The summed E-state index contributed by atoms with van der Waals surface area (Å²) in [5.41, 5.74) is 7.68. The smallest absolute Gasteiger partial charge is 0.263 e. The molecule has 0 amide bonds. The average Bonchev–Trinajstić information content (AvgIpc) is 2.35. The monoisotopic (exact) mass is 244 g/mol. The summed E-state index contributed by atoms with van der Waals surface area (Å²) < 4.78 is 25.2. The zero-order valence-corrected chi connectivity index (χ0v) is 9.40. The Kier molecular flexibility index (Phi) is 2.37. The van der Waals surface area contributed by atoms with Gasteiger partial charge in [-0.15, -0.1) is 0 Å². The molecule has 0 radical (unpaired) electrons. The Morgan fingerprint density at radius 2 is 1.72 bits per heavy atom. The van der Waals surface area contributed by atoms with Gasteiger partial charge in [-0.1, -0.05) is 12.1 Å². The van der Waals surface area contributed by atoms with Crippen LogP contribution >= 0.6 is 0 Å². The lowest BCUT2D eigenvalue weighted by Crippen LogP contribution is -1.89. The van der Waals surface area contributed by atoms with E-state index < -0.39 is 6.43 Å². The fourth-order valence-corrected chi connectivity index (χ4v) is 2.00. The minimum atomic E-state index is -2.47. The van der Waals surface area contributed by atoms with E-state index >= 15 is 0 Å². The molecule has 0 aliphatic rings. The van der Waals surface area contributed by atoms with E-state index in [1.165, 1.54) is 12.1 Å². The summed E-state index contributed by atoms with van der Waals surface area (Å²) in [6, 6.07) is 11.8. The second kappa shape index (κ2) is 3.91. The Labute approximate surface area is 102 Å². The van der Waals surface area contributed by atoms with Gasteiger partial charge in [0.2, 0.25) is 0 Å². The number of nitrogens with two attached hydrogens (primary N) is 1. The molecule has 1 heterocycles. The molecular weight excluding hydrogens is 234 g/mol. The first kappa shape index (κ1) is 10.9. The SMILES string of the molecule is Nc1ccc2nc3cc(C(F)F)ccc3cc2c1. The van der Waals surface area contributed by atoms with Crippen LogP contribution < -0.4 is 5.73 Å². The lowest BCUT2D eigenvalue weighted by molar-refractivity contribution is 0.151. The van der Waals surface area contributed by atoms with E-state index in [1.54, 1.807) is 18.2 Å². The molecule has 2 aromatic carbocycles. The fraction of sp³-hybridized carbons (Fsp3) is 0.0714. The van der Waals surface area contributed by atoms with Crippen LogP contribution in [0.1, 0.15) is 12.0 Å². The Morgan fingerprint density at radius 1 is 0.889 bits per heavy atom. The zero-order valence-electron chi connectivity index (χ0n) is 9.40. The van der Waals surface area contributed by atoms with Gasteiger partial charge in [0.05, 0.1) is 11.0 Å². The Hall–Kier alpha value is -2.23. The predicted molar refractivity (Wildman–Crippen MR) is 68.6 cm³/mol. The number of halogens is 2. The first-order valence-corrected chi connectivity index (χ1v) is 5.51. The molecule has 0 unspecified atom stereocenters. The van der Waals surface area contributed by atoms with Crippen molar-refractivity contribution in [3.05, 3.63) is 48.0 Å². The standard InChI is InChI=1S/C14H10F2N2/c15-14(16)9-2-1-8-5-10-6-11(17)3-4-12(10)18-13(8)7-9/h1-7,14H,17H2. The topological polar surface area (TPSA) is 38.9 Å². The van der Waals surface area contributed by atoms with E-state index in [2.05, 4.69) is 4.98 Å². The molecule has 3 aromatic rings. The number of aromatic nitrogens is 1. The molecule has 0 bridgehead atoms. The minimum absolute atomic E-state index is 0.00945. The number of anilines is 1. The van der Waals surface area contributed by atoms with Crippen LogP contribution in [0.2, 0.25) is 0 Å². The number of nitrogen functional groups attached to an aromatic ring is 1. The zero-order chi connectivity index (χ0) is 12.7. The normalized spacial score (nSPS) is 11.5. The van der Waals surface area contributed by atoms with Crippen LogP contribution in [0.25, 0.3) is 21.8 Å². The van der Waals surface area contributed by atoms with Gasteiger partial charge in [-0.2, -0.15) is 0 Å². The van der Waals surface area contributed by atoms with Crippen molar-refractivity contribution < 1.29 is 8.78 Å². The van der Waals surface area contributed by atoms with Crippen molar-refractivity contribution in [1.29, 1.82) is 0 Å². The second-order valence-electron chi connectivity index (χ2n) is 4.19. The summed E-state index contributed by atoms with van der Waals surface area (Å²) >= 11 is 0. The average molecular weight is 244 g/mol. The first-order valence-electron chi connectivity index (χ1n) is 5.51. The second-order valence-corrected chi connectivity index (χ2v) is 4.19. The molecule has 18 heavy (non-hydrogen) atoms. The fourth-order valence-electron chi connectivity index (χ4n) is 2.00. The summed E-state index contributed by atoms with van der Waals surface area (Å²) in [6.45, 7) is 0. The van der Waals surface area contributed by atoms with Crippen molar-refractivity contribution in [1.82, 2.24) is 4.98 Å². The lowest BCUT2D eigenvalue weighted by Gasteiger charge is -2.05. The van der Waals surface area contributed by atoms with Crippen LogP contribution in [-0.2, 0) is 0 Å². The van der Waals surface area contributed by atoms with Crippen LogP contribution in [0.5, 0.6) is 0 Å². The highest BCUT2D eigenvalue weighted by atomic mass is 19.3. The summed E-state index contributed by atoms with van der Waals surface area (Å²) in [6.07, 6.45) is -2.47. The van der Waals surface area contributed by atoms with Gasteiger partial charge in [-0.05, 0) is 30.3 Å². The Morgan fingerprint density at radius 3 is 2.50 bits per heavy atom. The van der Waals surface area contributed by atoms with Crippen molar-refractivity contribution in [2.45, 2.75) is 6.43 Å². The Bertz CT molecular complexity index is 738. The van der Waals surface area contributed by atoms with Crippen LogP contribution in [0, 0.1) is 0 Å². The number of hydrogen-bond acceptors (Lipinski definition) is 2. The van der Waals surface area contributed by atoms with Crippen molar-refractivity contribution in [3.63, 3.8) is 0 Å². The molecule has 0 spiro atoms. The largest absolute Gasteiger partial charge is 0.399 e. The van der Waals surface area contributed by atoms with Gasteiger partial charge >= 0.3 is 0 Å². The van der Waals surface area contributed by atoms with E-state index in [4.69, 9.17) is 5.73 Å². The molecule has 0 atom stereocenters. The number of fused-ring (bicyclic) bond motifs is 2. The third-order valence-corrected chi connectivity index (χ3v) is 2.91. The summed E-state index contributed by atoms with van der Waals surface area (Å²) in [5.74, 6) is 0. The van der Waals surface area contributed by atoms with Gasteiger partial charge in [0.15, 0.2) is 0 Å². The predicted octanol–water partition coefficient (Wildman–Crippen LogP) is 3.91. The van der Waals surface area contributed by atoms with E-state index in [0.29, 0.717) is 11.2 Å². The highest BCUT2D eigenvalue weighted by molar-refractivity contribution is 5.94. The van der Waals surface area contributed by atoms with Crippen LogP contribution in [0.3, 0.4) is 0 Å². The number of pyridine rings is 1. The number of benzene rings is 2. The molecule has 0 fully saturated rings. The molecule has 90 valence electrons. The number of nitrogens with zero attached hydrogens (tertiary/aromatic N) is 1. The number of rotatable bonds is 1. The lowest BCUT2D eigenvalue weighted by atomic mass is 10.1. The highest BCUT2D eigenvalue weighted by Gasteiger charge is 2.08. The molecule has 0 saturated carbocycles. The summed E-state index contributed by atoms with van der Waals surface area (Å²) in [5, 5.41) is 1.74. The van der Waals surface area contributed by atoms with Gasteiger partial charge < -0.3 is 5.73 Å². The third-order valence-electron chi connectivity index (χ3n) is 2.91. The highest BCUT2D eigenvalue weighted by Crippen LogP contribution is 2.26. The molecular formula is C14H10F2N2. The maximum absolute atomic E-state index is 12.6. The summed E-state index contributed by atoms with van der Waals surface area (Å²) in [7, 11) is 0. The maximum Gasteiger partial charge on any atom is 0.263 e. The quantitative estimate of drug-likeness (QED) is 0.520. The molecule has 0 aliphatic carbocycles. The van der Waals surface area contributed by atoms with Gasteiger partial charge in [0, 0.05) is 22.0 Å². The van der Waals surface area contributed by atoms with E-state index in [-0.39, 0.29) is 5.56 Å². The van der Waals surface area contributed by atoms with Crippen LogP contribution in [0.4, 0.5) is 14.5 Å². The van der Waals surface area contributed by atoms with Crippen molar-refractivity contribution >= 4 is 27.5 Å². The van der Waals surface area contributed by atoms with E-state index in [9.17, 15) is 8.78 Å². The van der Waals surface area contributed by atoms with Crippen molar-refractivity contribution in [2.24, 2.45) is 0 Å². The van der Waals surface area contributed by atoms with Gasteiger partial charge in [0.25, 0.3) is 6.43 Å². The van der Waals surface area contributed by atoms with Gasteiger partial charge in [-0.3, -0.25) is 0 Å². The number of hydrogen-bond donors (Lipinski definition) is 1. The summed E-state index contributed by atoms with van der Waals surface area (Å²) in [4.78, 5) is 4.37. The van der Waals surface area contributed by atoms with Crippen LogP contribution in [-0.4, -0.2) is 4.98 Å². The molecule has 4 heteroatoms.